The lowest BCUT2D eigenvalue weighted by molar-refractivity contribution is 0.0696. The molecule has 0 aliphatic rings. The van der Waals surface area contributed by atoms with Gasteiger partial charge in [-0.25, -0.2) is 14.8 Å². The third-order valence-electron chi connectivity index (χ3n) is 2.36. The summed E-state index contributed by atoms with van der Waals surface area (Å²) >= 11 is 1.11. The largest absolute Gasteiger partial charge is 0.489 e. The molecule has 0 spiro atoms. The lowest BCUT2D eigenvalue weighted by Gasteiger charge is -2.07. The van der Waals surface area contributed by atoms with E-state index in [1.165, 1.54) is 13.4 Å². The van der Waals surface area contributed by atoms with E-state index in [-0.39, 0.29) is 11.0 Å². The molecule has 0 aliphatic carbocycles. The summed E-state index contributed by atoms with van der Waals surface area (Å²) in [5, 5.41) is 9.21. The Morgan fingerprint density at radius 3 is 2.70 bits per heavy atom. The normalized spacial score (nSPS) is 10.6. The maximum absolute atomic E-state index is 11.2. The predicted molar refractivity (Wildman–Crippen MR) is 74.6 cm³/mol. The number of rotatable bonds is 5. The van der Waals surface area contributed by atoms with Crippen LogP contribution in [-0.4, -0.2) is 34.3 Å². The van der Waals surface area contributed by atoms with Crippen LogP contribution in [0.1, 0.15) is 23.5 Å². The molecule has 6 nitrogen and oxygen atoms in total. The molecule has 20 heavy (non-hydrogen) atoms. The first kappa shape index (κ1) is 14.3. The van der Waals surface area contributed by atoms with Crippen molar-refractivity contribution in [1.82, 2.24) is 9.97 Å². The van der Waals surface area contributed by atoms with Gasteiger partial charge in [0.1, 0.15) is 12.1 Å². The number of hydrogen-bond donors (Lipinski definition) is 1. The van der Waals surface area contributed by atoms with Crippen molar-refractivity contribution in [2.45, 2.75) is 20.0 Å². The Balaban J connectivity index is 2.44. The number of aromatic carboxylic acids is 1. The number of thiophene rings is 1. The Bertz CT molecular complexity index is 625. The number of methoxy groups -OCH3 is 1. The quantitative estimate of drug-likeness (QED) is 0.913. The molecule has 0 aliphatic heterocycles. The Hall–Kier alpha value is -2.15. The summed E-state index contributed by atoms with van der Waals surface area (Å²) in [6.07, 6.45) is 1.27. The average molecular weight is 294 g/mol. The molecule has 0 atom stereocenters. The number of nitrogens with zero attached hydrogens (tertiary/aromatic N) is 2. The molecule has 0 radical (unpaired) electrons. The van der Waals surface area contributed by atoms with Gasteiger partial charge < -0.3 is 14.6 Å². The standard InChI is InChI=1S/C13H14N2O4S/c1-7(2)19-9-5-10(20-12(9)13(16)17)8-4-11(18-3)15-6-14-8/h4-7H,1-3H3,(H,16,17). The Morgan fingerprint density at radius 2 is 2.10 bits per heavy atom. The van der Waals surface area contributed by atoms with Crippen molar-refractivity contribution in [2.75, 3.05) is 7.11 Å². The number of ether oxygens (including phenoxy) is 2. The summed E-state index contributed by atoms with van der Waals surface area (Å²) in [4.78, 5) is 20.1. The van der Waals surface area contributed by atoms with Crippen LogP contribution in [0.15, 0.2) is 18.5 Å². The van der Waals surface area contributed by atoms with E-state index >= 15 is 0 Å². The second-order valence-electron chi connectivity index (χ2n) is 4.22. The highest BCUT2D eigenvalue weighted by Crippen LogP contribution is 2.36. The highest BCUT2D eigenvalue weighted by atomic mass is 32.1. The second kappa shape index (κ2) is 5.87. The summed E-state index contributed by atoms with van der Waals surface area (Å²) in [7, 11) is 1.51. The van der Waals surface area contributed by atoms with Gasteiger partial charge in [-0.15, -0.1) is 11.3 Å². The van der Waals surface area contributed by atoms with Crippen LogP contribution in [0, 0.1) is 0 Å². The summed E-state index contributed by atoms with van der Waals surface area (Å²) in [5.41, 5.74) is 0.600. The van der Waals surface area contributed by atoms with E-state index in [1.807, 2.05) is 13.8 Å². The van der Waals surface area contributed by atoms with Crippen molar-refractivity contribution >= 4 is 17.3 Å². The van der Waals surface area contributed by atoms with Crippen molar-refractivity contribution in [3.63, 3.8) is 0 Å². The maximum Gasteiger partial charge on any atom is 0.349 e. The SMILES string of the molecule is COc1cc(-c2cc(OC(C)C)c(C(=O)O)s2)ncn1. The minimum absolute atomic E-state index is 0.101. The molecule has 0 saturated heterocycles. The first-order chi connectivity index (χ1) is 9.51. The fourth-order valence-electron chi connectivity index (χ4n) is 1.58. The third-order valence-corrected chi connectivity index (χ3v) is 3.49. The highest BCUT2D eigenvalue weighted by molar-refractivity contribution is 7.17. The molecule has 2 aromatic heterocycles. The molecule has 0 amide bonds. The van der Waals surface area contributed by atoms with Crippen LogP contribution in [0.3, 0.4) is 0 Å². The Kier molecular flexibility index (Phi) is 4.19. The van der Waals surface area contributed by atoms with Crippen LogP contribution in [-0.2, 0) is 0 Å². The van der Waals surface area contributed by atoms with Crippen LogP contribution in [0.5, 0.6) is 11.6 Å². The number of carboxylic acids is 1. The molecule has 2 heterocycles. The number of carbonyl (C=O) groups is 1. The van der Waals surface area contributed by atoms with E-state index in [4.69, 9.17) is 9.47 Å². The van der Waals surface area contributed by atoms with Crippen molar-refractivity contribution < 1.29 is 19.4 Å². The smallest absolute Gasteiger partial charge is 0.349 e. The predicted octanol–water partition coefficient (Wildman–Crippen LogP) is 2.70. The van der Waals surface area contributed by atoms with E-state index in [1.54, 1.807) is 12.1 Å². The molecule has 0 fully saturated rings. The van der Waals surface area contributed by atoms with Gasteiger partial charge in [0.25, 0.3) is 0 Å². The second-order valence-corrected chi connectivity index (χ2v) is 5.27. The molecule has 106 valence electrons. The van der Waals surface area contributed by atoms with Gasteiger partial charge in [0.15, 0.2) is 4.88 Å². The zero-order chi connectivity index (χ0) is 14.7. The zero-order valence-electron chi connectivity index (χ0n) is 11.3. The lowest BCUT2D eigenvalue weighted by atomic mass is 10.3. The molecular formula is C13H14N2O4S. The molecule has 0 unspecified atom stereocenters. The molecule has 0 aromatic carbocycles. The molecule has 2 rings (SSSR count). The van der Waals surface area contributed by atoms with Crippen molar-refractivity contribution in [3.8, 4) is 22.2 Å². The van der Waals surface area contributed by atoms with Gasteiger partial charge in [-0.1, -0.05) is 0 Å². The van der Waals surface area contributed by atoms with Gasteiger partial charge in [0, 0.05) is 12.1 Å². The maximum atomic E-state index is 11.2. The van der Waals surface area contributed by atoms with Crippen LogP contribution in [0.2, 0.25) is 0 Å². The Labute approximate surface area is 120 Å². The fraction of sp³-hybridized carbons (Fsp3) is 0.308. The van der Waals surface area contributed by atoms with Crippen molar-refractivity contribution in [1.29, 1.82) is 0 Å². The van der Waals surface area contributed by atoms with E-state index < -0.39 is 5.97 Å². The van der Waals surface area contributed by atoms with Gasteiger partial charge in [-0.05, 0) is 13.8 Å². The molecule has 2 aromatic rings. The van der Waals surface area contributed by atoms with Crippen LogP contribution < -0.4 is 9.47 Å². The summed E-state index contributed by atoms with van der Waals surface area (Å²) in [6.45, 7) is 3.69. The molecular weight excluding hydrogens is 280 g/mol. The zero-order valence-corrected chi connectivity index (χ0v) is 12.1. The van der Waals surface area contributed by atoms with Crippen molar-refractivity contribution in [3.05, 3.63) is 23.3 Å². The summed E-state index contributed by atoms with van der Waals surface area (Å²) < 4.78 is 10.6. The molecule has 0 bridgehead atoms. The highest BCUT2D eigenvalue weighted by Gasteiger charge is 2.19. The molecule has 0 saturated carbocycles. The number of aromatic nitrogens is 2. The van der Waals surface area contributed by atoms with Crippen LogP contribution in [0.25, 0.3) is 10.6 Å². The minimum atomic E-state index is -1.02. The fourth-order valence-corrected chi connectivity index (χ4v) is 2.47. The van der Waals surface area contributed by atoms with Gasteiger partial charge >= 0.3 is 5.97 Å². The van der Waals surface area contributed by atoms with Gasteiger partial charge in [0.05, 0.1) is 23.8 Å². The molecule has 7 heteroatoms. The van der Waals surface area contributed by atoms with E-state index in [0.717, 1.165) is 11.3 Å². The molecule has 1 N–H and O–H groups in total. The van der Waals surface area contributed by atoms with Gasteiger partial charge in [-0.3, -0.25) is 0 Å². The van der Waals surface area contributed by atoms with Gasteiger partial charge in [-0.2, -0.15) is 0 Å². The Morgan fingerprint density at radius 1 is 1.35 bits per heavy atom. The van der Waals surface area contributed by atoms with E-state index in [0.29, 0.717) is 22.2 Å². The number of hydrogen-bond acceptors (Lipinski definition) is 6. The van der Waals surface area contributed by atoms with Crippen LogP contribution in [0.4, 0.5) is 0 Å². The topological polar surface area (TPSA) is 81.5 Å². The number of carboxylic acid groups (broad SMARTS) is 1. The third kappa shape index (κ3) is 3.05. The monoisotopic (exact) mass is 294 g/mol. The first-order valence-corrected chi connectivity index (χ1v) is 6.73. The summed E-state index contributed by atoms with van der Waals surface area (Å²) in [5.74, 6) is -0.241. The van der Waals surface area contributed by atoms with Crippen molar-refractivity contribution in [2.24, 2.45) is 0 Å². The average Bonchev–Trinajstić information content (AvgIpc) is 2.82. The summed E-state index contributed by atoms with van der Waals surface area (Å²) in [6, 6.07) is 3.33. The van der Waals surface area contributed by atoms with E-state index in [9.17, 15) is 9.90 Å². The first-order valence-electron chi connectivity index (χ1n) is 5.91. The van der Waals surface area contributed by atoms with Gasteiger partial charge in [0.2, 0.25) is 5.88 Å². The minimum Gasteiger partial charge on any atom is -0.489 e. The van der Waals surface area contributed by atoms with Crippen LogP contribution >= 0.6 is 11.3 Å². The lowest BCUT2D eigenvalue weighted by Crippen LogP contribution is -2.07. The van der Waals surface area contributed by atoms with E-state index in [2.05, 4.69) is 9.97 Å².